The van der Waals surface area contributed by atoms with E-state index in [1.54, 1.807) is 18.2 Å². The number of allylic oxidation sites excluding steroid dienone is 1. The van der Waals surface area contributed by atoms with Gasteiger partial charge in [0.1, 0.15) is 11.1 Å². The number of fused-ring (bicyclic) bond motifs is 1. The molecule has 0 aliphatic rings. The lowest BCUT2D eigenvalue weighted by atomic mass is 10.1. The zero-order chi connectivity index (χ0) is 15.2. The van der Waals surface area contributed by atoms with Crippen molar-refractivity contribution >= 4 is 10.8 Å². The predicted molar refractivity (Wildman–Crippen MR) is 81.4 cm³/mol. The molecule has 0 aliphatic carbocycles. The van der Waals surface area contributed by atoms with Crippen molar-refractivity contribution < 1.29 is 13.5 Å². The third-order valence-corrected chi connectivity index (χ3v) is 3.16. The third-order valence-electron chi connectivity index (χ3n) is 3.16. The quantitative estimate of drug-likeness (QED) is 0.590. The highest BCUT2D eigenvalue weighted by molar-refractivity contribution is 5.83. The van der Waals surface area contributed by atoms with E-state index in [0.29, 0.717) is 30.6 Å². The SMILES string of the molecule is C/C=C/CCOc1ccc2cc(CCC)oc(=O)c2c1F. The van der Waals surface area contributed by atoms with E-state index in [1.807, 2.05) is 26.0 Å². The fourth-order valence-corrected chi connectivity index (χ4v) is 2.16. The Morgan fingerprint density at radius 2 is 2.19 bits per heavy atom. The Hall–Kier alpha value is -2.10. The largest absolute Gasteiger partial charge is 0.490 e. The van der Waals surface area contributed by atoms with E-state index in [2.05, 4.69) is 0 Å². The molecule has 0 N–H and O–H groups in total. The number of aryl methyl sites for hydroxylation is 1. The molecule has 2 aromatic rings. The molecule has 0 amide bonds. The molecule has 0 spiro atoms. The van der Waals surface area contributed by atoms with Crippen LogP contribution < -0.4 is 10.4 Å². The van der Waals surface area contributed by atoms with E-state index >= 15 is 0 Å². The molecule has 21 heavy (non-hydrogen) atoms. The van der Waals surface area contributed by atoms with Crippen molar-refractivity contribution in [1.29, 1.82) is 0 Å². The van der Waals surface area contributed by atoms with Crippen molar-refractivity contribution in [1.82, 2.24) is 0 Å². The van der Waals surface area contributed by atoms with Crippen LogP contribution in [-0.4, -0.2) is 6.61 Å². The normalized spacial score (nSPS) is 11.4. The van der Waals surface area contributed by atoms with Crippen LogP contribution in [0.1, 0.15) is 32.4 Å². The summed E-state index contributed by atoms with van der Waals surface area (Å²) in [7, 11) is 0. The molecule has 1 aromatic carbocycles. The number of rotatable bonds is 6. The monoisotopic (exact) mass is 290 g/mol. The second kappa shape index (κ2) is 7.07. The smallest absolute Gasteiger partial charge is 0.346 e. The van der Waals surface area contributed by atoms with Crippen molar-refractivity contribution in [3.05, 3.63) is 52.3 Å². The van der Waals surface area contributed by atoms with Crippen LogP contribution in [0.25, 0.3) is 10.8 Å². The van der Waals surface area contributed by atoms with Gasteiger partial charge in [-0.2, -0.15) is 0 Å². The molecule has 0 unspecified atom stereocenters. The van der Waals surface area contributed by atoms with Gasteiger partial charge < -0.3 is 9.15 Å². The van der Waals surface area contributed by atoms with Crippen LogP contribution in [0, 0.1) is 5.82 Å². The van der Waals surface area contributed by atoms with Crippen LogP contribution >= 0.6 is 0 Å². The Balaban J connectivity index is 2.35. The minimum atomic E-state index is -0.648. The maximum atomic E-state index is 14.4. The van der Waals surface area contributed by atoms with Crippen molar-refractivity contribution in [2.24, 2.45) is 0 Å². The molecule has 3 nitrogen and oxygen atoms in total. The van der Waals surface area contributed by atoms with Gasteiger partial charge in [-0.05, 0) is 37.3 Å². The van der Waals surface area contributed by atoms with Crippen molar-refractivity contribution in [3.63, 3.8) is 0 Å². The van der Waals surface area contributed by atoms with E-state index in [1.165, 1.54) is 0 Å². The van der Waals surface area contributed by atoms with Crippen LogP contribution in [0.4, 0.5) is 4.39 Å². The number of halogens is 1. The number of hydrogen-bond acceptors (Lipinski definition) is 3. The Labute approximate surface area is 123 Å². The van der Waals surface area contributed by atoms with Gasteiger partial charge in [-0.1, -0.05) is 25.1 Å². The maximum absolute atomic E-state index is 14.4. The van der Waals surface area contributed by atoms with Crippen LogP contribution in [0.3, 0.4) is 0 Å². The fourth-order valence-electron chi connectivity index (χ4n) is 2.16. The highest BCUT2D eigenvalue weighted by Crippen LogP contribution is 2.25. The summed E-state index contributed by atoms with van der Waals surface area (Å²) >= 11 is 0. The van der Waals surface area contributed by atoms with Crippen molar-refractivity contribution in [2.45, 2.75) is 33.1 Å². The first-order chi connectivity index (χ1) is 10.2. The molecule has 1 aromatic heterocycles. The number of hydrogen-bond donors (Lipinski definition) is 0. The molecule has 112 valence electrons. The van der Waals surface area contributed by atoms with Gasteiger partial charge in [0.15, 0.2) is 11.6 Å². The van der Waals surface area contributed by atoms with Gasteiger partial charge in [0.05, 0.1) is 6.61 Å². The Morgan fingerprint density at radius 3 is 2.90 bits per heavy atom. The molecular formula is C17H19FO3. The topological polar surface area (TPSA) is 39.4 Å². The van der Waals surface area contributed by atoms with Gasteiger partial charge in [0.25, 0.3) is 0 Å². The third kappa shape index (κ3) is 3.51. The van der Waals surface area contributed by atoms with Crippen molar-refractivity contribution in [2.75, 3.05) is 6.61 Å². The molecule has 4 heteroatoms. The summed E-state index contributed by atoms with van der Waals surface area (Å²) < 4.78 is 24.9. The second-order valence-corrected chi connectivity index (χ2v) is 4.80. The van der Waals surface area contributed by atoms with Gasteiger partial charge in [-0.3, -0.25) is 0 Å². The van der Waals surface area contributed by atoms with E-state index in [-0.39, 0.29) is 11.1 Å². The average Bonchev–Trinajstić information content (AvgIpc) is 2.45. The molecule has 0 radical (unpaired) electrons. The van der Waals surface area contributed by atoms with Crippen LogP contribution in [-0.2, 0) is 6.42 Å². The number of benzene rings is 1. The summed E-state index contributed by atoms with van der Waals surface area (Å²) in [6.07, 6.45) is 6.06. The molecule has 0 fully saturated rings. The van der Waals surface area contributed by atoms with E-state index < -0.39 is 11.4 Å². The highest BCUT2D eigenvalue weighted by atomic mass is 19.1. The van der Waals surface area contributed by atoms with E-state index in [4.69, 9.17) is 9.15 Å². The summed E-state index contributed by atoms with van der Waals surface area (Å²) in [5, 5.41) is 0.506. The predicted octanol–water partition coefficient (Wildman–Crippen LogP) is 4.23. The van der Waals surface area contributed by atoms with Crippen LogP contribution in [0.2, 0.25) is 0 Å². The fraction of sp³-hybridized carbons (Fsp3) is 0.353. The summed E-state index contributed by atoms with van der Waals surface area (Å²) in [6.45, 7) is 4.27. The lowest BCUT2D eigenvalue weighted by molar-refractivity contribution is 0.309. The van der Waals surface area contributed by atoms with Gasteiger partial charge in [0, 0.05) is 6.42 Å². The lowest BCUT2D eigenvalue weighted by Gasteiger charge is -2.08. The molecule has 0 bridgehead atoms. The van der Waals surface area contributed by atoms with E-state index in [0.717, 1.165) is 6.42 Å². The minimum Gasteiger partial charge on any atom is -0.490 e. The van der Waals surface area contributed by atoms with E-state index in [9.17, 15) is 9.18 Å². The summed E-state index contributed by atoms with van der Waals surface area (Å²) in [4.78, 5) is 12.0. The van der Waals surface area contributed by atoms with Crippen LogP contribution in [0.5, 0.6) is 5.75 Å². The molecule has 0 saturated carbocycles. The zero-order valence-corrected chi connectivity index (χ0v) is 12.3. The molecular weight excluding hydrogens is 271 g/mol. The standard InChI is InChI=1S/C17H19FO3/c1-3-5-6-10-20-14-9-8-12-11-13(7-4-2)21-17(19)15(12)16(14)18/h3,5,8-9,11H,4,6-7,10H2,1-2H3/b5-3+. The molecule has 2 rings (SSSR count). The molecule has 1 heterocycles. The lowest BCUT2D eigenvalue weighted by Crippen LogP contribution is -2.06. The van der Waals surface area contributed by atoms with Gasteiger partial charge >= 0.3 is 5.63 Å². The highest BCUT2D eigenvalue weighted by Gasteiger charge is 2.14. The molecule has 0 atom stereocenters. The first kappa shape index (κ1) is 15.3. The zero-order valence-electron chi connectivity index (χ0n) is 12.3. The summed E-state index contributed by atoms with van der Waals surface area (Å²) in [5.41, 5.74) is -0.646. The van der Waals surface area contributed by atoms with Gasteiger partial charge in [0.2, 0.25) is 0 Å². The Kier molecular flexibility index (Phi) is 5.14. The van der Waals surface area contributed by atoms with Gasteiger partial charge in [-0.15, -0.1) is 0 Å². The average molecular weight is 290 g/mol. The first-order valence-electron chi connectivity index (χ1n) is 7.16. The second-order valence-electron chi connectivity index (χ2n) is 4.80. The van der Waals surface area contributed by atoms with Crippen LogP contribution in [0.15, 0.2) is 39.6 Å². The van der Waals surface area contributed by atoms with Gasteiger partial charge in [-0.25, -0.2) is 9.18 Å². The maximum Gasteiger partial charge on any atom is 0.346 e. The molecule has 0 saturated heterocycles. The summed E-state index contributed by atoms with van der Waals surface area (Å²) in [5.74, 6) is 0.0171. The first-order valence-corrected chi connectivity index (χ1v) is 7.16. The Morgan fingerprint density at radius 1 is 1.38 bits per heavy atom. The molecule has 0 aliphatic heterocycles. The number of ether oxygens (including phenoxy) is 1. The minimum absolute atomic E-state index is 0.0432. The van der Waals surface area contributed by atoms with Crippen molar-refractivity contribution in [3.8, 4) is 5.75 Å². The Bertz CT molecular complexity index is 701. The summed E-state index contributed by atoms with van der Waals surface area (Å²) in [6, 6.07) is 4.97.